The Labute approximate surface area is 196 Å². The van der Waals surface area contributed by atoms with Gasteiger partial charge in [0.1, 0.15) is 5.52 Å². The molecule has 1 amide bonds. The van der Waals surface area contributed by atoms with Crippen molar-refractivity contribution < 1.29 is 9.21 Å². The van der Waals surface area contributed by atoms with Crippen LogP contribution in [0.5, 0.6) is 0 Å². The molecule has 0 saturated carbocycles. The first-order chi connectivity index (χ1) is 16.0. The Bertz CT molecular complexity index is 1290. The van der Waals surface area contributed by atoms with Gasteiger partial charge in [-0.15, -0.1) is 5.10 Å². The standard InChI is InChI=1S/C24H25ClN6O2/c1-15-12-18(23(26-14-15)31-11-9-27-29-31)24(32)30-10-3-4-16(2)20(30)6-8-22-28-19-13-17(25)5-7-21(19)33-22/h5,7,9,11-14,16,20H,3-4,6,8,10H2,1-2H3/t16-,20-/m1/s1. The molecule has 1 aromatic carbocycles. The summed E-state index contributed by atoms with van der Waals surface area (Å²) in [5, 5.41) is 8.55. The van der Waals surface area contributed by atoms with Gasteiger partial charge in [0, 0.05) is 30.2 Å². The first-order valence-electron chi connectivity index (χ1n) is 11.2. The number of oxazole rings is 1. The van der Waals surface area contributed by atoms with Crippen LogP contribution in [-0.4, -0.2) is 48.4 Å². The van der Waals surface area contributed by atoms with E-state index in [-0.39, 0.29) is 11.9 Å². The molecule has 5 rings (SSSR count). The molecule has 170 valence electrons. The number of aryl methyl sites for hydroxylation is 2. The fraction of sp³-hybridized carbons (Fsp3) is 0.375. The fourth-order valence-electron chi connectivity index (χ4n) is 4.65. The van der Waals surface area contributed by atoms with E-state index < -0.39 is 0 Å². The summed E-state index contributed by atoms with van der Waals surface area (Å²) in [7, 11) is 0. The van der Waals surface area contributed by atoms with Crippen LogP contribution in [0.3, 0.4) is 0 Å². The number of carbonyl (C=O) groups excluding carboxylic acids is 1. The maximum absolute atomic E-state index is 13.8. The van der Waals surface area contributed by atoms with Crippen molar-refractivity contribution in [3.8, 4) is 5.82 Å². The second-order valence-electron chi connectivity index (χ2n) is 8.68. The van der Waals surface area contributed by atoms with Crippen LogP contribution in [0.15, 0.2) is 47.3 Å². The highest BCUT2D eigenvalue weighted by Gasteiger charge is 2.34. The predicted molar refractivity (Wildman–Crippen MR) is 124 cm³/mol. The van der Waals surface area contributed by atoms with Crippen LogP contribution in [0, 0.1) is 12.8 Å². The van der Waals surface area contributed by atoms with Gasteiger partial charge in [0.25, 0.3) is 5.91 Å². The zero-order valence-electron chi connectivity index (χ0n) is 18.6. The van der Waals surface area contributed by atoms with Crippen molar-refractivity contribution in [2.75, 3.05) is 6.54 Å². The third-order valence-electron chi connectivity index (χ3n) is 6.30. The summed E-state index contributed by atoms with van der Waals surface area (Å²) < 4.78 is 7.45. The number of halogens is 1. The van der Waals surface area contributed by atoms with E-state index in [0.717, 1.165) is 35.9 Å². The Hall–Kier alpha value is -3.26. The molecule has 0 N–H and O–H groups in total. The lowest BCUT2D eigenvalue weighted by molar-refractivity contribution is 0.0495. The smallest absolute Gasteiger partial charge is 0.257 e. The van der Waals surface area contributed by atoms with E-state index in [1.165, 1.54) is 0 Å². The lowest BCUT2D eigenvalue weighted by Gasteiger charge is -2.40. The van der Waals surface area contributed by atoms with Crippen molar-refractivity contribution in [3.05, 3.63) is 64.9 Å². The number of rotatable bonds is 5. The minimum atomic E-state index is -0.0300. The van der Waals surface area contributed by atoms with E-state index in [1.54, 1.807) is 35.4 Å². The molecule has 0 radical (unpaired) electrons. The molecule has 0 spiro atoms. The van der Waals surface area contributed by atoms with Gasteiger partial charge in [-0.1, -0.05) is 23.7 Å². The van der Waals surface area contributed by atoms with E-state index in [0.29, 0.717) is 41.2 Å². The van der Waals surface area contributed by atoms with Crippen LogP contribution in [0.25, 0.3) is 16.9 Å². The van der Waals surface area contributed by atoms with Gasteiger partial charge in [-0.05, 0) is 61.9 Å². The van der Waals surface area contributed by atoms with Gasteiger partial charge >= 0.3 is 0 Å². The second kappa shape index (κ2) is 8.94. The lowest BCUT2D eigenvalue weighted by Crippen LogP contribution is -2.48. The second-order valence-corrected chi connectivity index (χ2v) is 9.11. The van der Waals surface area contributed by atoms with Crippen LogP contribution >= 0.6 is 11.6 Å². The number of hydrogen-bond acceptors (Lipinski definition) is 6. The number of pyridine rings is 1. The van der Waals surface area contributed by atoms with Crippen LogP contribution < -0.4 is 0 Å². The monoisotopic (exact) mass is 464 g/mol. The summed E-state index contributed by atoms with van der Waals surface area (Å²) in [5.74, 6) is 1.50. The van der Waals surface area contributed by atoms with E-state index in [9.17, 15) is 4.79 Å². The molecule has 1 aliphatic rings. The number of piperidine rings is 1. The molecule has 0 aliphatic carbocycles. The molecular formula is C24H25ClN6O2. The molecule has 3 aromatic heterocycles. The molecule has 33 heavy (non-hydrogen) atoms. The third-order valence-corrected chi connectivity index (χ3v) is 6.53. The number of aromatic nitrogens is 5. The Morgan fingerprint density at radius 2 is 2.18 bits per heavy atom. The highest BCUT2D eigenvalue weighted by atomic mass is 35.5. The number of nitrogens with zero attached hydrogens (tertiary/aromatic N) is 6. The Morgan fingerprint density at radius 3 is 3.00 bits per heavy atom. The van der Waals surface area contributed by atoms with Crippen LogP contribution in [0.2, 0.25) is 5.02 Å². The molecular weight excluding hydrogens is 440 g/mol. The summed E-state index contributed by atoms with van der Waals surface area (Å²) in [5.41, 5.74) is 2.94. The summed E-state index contributed by atoms with van der Waals surface area (Å²) in [6.07, 6.45) is 8.49. The van der Waals surface area contributed by atoms with E-state index in [1.807, 2.05) is 24.0 Å². The molecule has 1 fully saturated rings. The molecule has 1 aliphatic heterocycles. The van der Waals surface area contributed by atoms with Gasteiger partial charge in [-0.3, -0.25) is 4.79 Å². The first-order valence-corrected chi connectivity index (χ1v) is 11.6. The molecule has 4 heterocycles. The lowest BCUT2D eigenvalue weighted by atomic mass is 9.87. The van der Waals surface area contributed by atoms with Crippen molar-refractivity contribution in [2.24, 2.45) is 5.92 Å². The fourth-order valence-corrected chi connectivity index (χ4v) is 4.81. The molecule has 2 atom stereocenters. The van der Waals surface area contributed by atoms with Crippen molar-refractivity contribution in [1.29, 1.82) is 0 Å². The van der Waals surface area contributed by atoms with Crippen molar-refractivity contribution >= 4 is 28.6 Å². The topological polar surface area (TPSA) is 89.9 Å². The Morgan fingerprint density at radius 1 is 1.30 bits per heavy atom. The average Bonchev–Trinajstić information content (AvgIpc) is 3.47. The van der Waals surface area contributed by atoms with Gasteiger partial charge in [-0.2, -0.15) is 0 Å². The summed E-state index contributed by atoms with van der Waals surface area (Å²) in [4.78, 5) is 24.8. The normalized spacial score (nSPS) is 18.7. The van der Waals surface area contributed by atoms with E-state index >= 15 is 0 Å². The summed E-state index contributed by atoms with van der Waals surface area (Å²) in [6, 6.07) is 7.40. The number of fused-ring (bicyclic) bond motifs is 1. The average molecular weight is 465 g/mol. The molecule has 0 unspecified atom stereocenters. The highest BCUT2D eigenvalue weighted by molar-refractivity contribution is 6.31. The van der Waals surface area contributed by atoms with Gasteiger partial charge in [0.15, 0.2) is 17.3 Å². The number of carbonyl (C=O) groups is 1. The number of amides is 1. The molecule has 1 saturated heterocycles. The first kappa shape index (κ1) is 21.6. The zero-order valence-corrected chi connectivity index (χ0v) is 19.4. The van der Waals surface area contributed by atoms with E-state index in [4.69, 9.17) is 16.0 Å². The van der Waals surface area contributed by atoms with Crippen molar-refractivity contribution in [1.82, 2.24) is 29.9 Å². The predicted octanol–water partition coefficient (Wildman–Crippen LogP) is 4.64. The van der Waals surface area contributed by atoms with Crippen molar-refractivity contribution in [2.45, 2.75) is 45.6 Å². The number of likely N-dealkylation sites (tertiary alicyclic amines) is 1. The highest BCUT2D eigenvalue weighted by Crippen LogP contribution is 2.30. The van der Waals surface area contributed by atoms with Crippen LogP contribution in [0.1, 0.15) is 48.0 Å². The largest absolute Gasteiger partial charge is 0.441 e. The molecule has 8 nitrogen and oxygen atoms in total. The van der Waals surface area contributed by atoms with Gasteiger partial charge < -0.3 is 9.32 Å². The molecule has 0 bridgehead atoms. The zero-order chi connectivity index (χ0) is 22.9. The van der Waals surface area contributed by atoms with Gasteiger partial charge in [0.2, 0.25) is 0 Å². The minimum absolute atomic E-state index is 0.0300. The number of benzene rings is 1. The minimum Gasteiger partial charge on any atom is -0.441 e. The summed E-state index contributed by atoms with van der Waals surface area (Å²) >= 11 is 6.08. The summed E-state index contributed by atoms with van der Waals surface area (Å²) in [6.45, 7) is 4.86. The van der Waals surface area contributed by atoms with Gasteiger partial charge in [-0.25, -0.2) is 14.6 Å². The van der Waals surface area contributed by atoms with E-state index in [2.05, 4.69) is 27.2 Å². The van der Waals surface area contributed by atoms with Gasteiger partial charge in [0.05, 0.1) is 18.0 Å². The molecule has 9 heteroatoms. The quantitative estimate of drug-likeness (QED) is 0.427. The van der Waals surface area contributed by atoms with Crippen molar-refractivity contribution in [3.63, 3.8) is 0 Å². The Balaban J connectivity index is 1.40. The SMILES string of the molecule is Cc1cnc(-n2ccnn2)c(C(=O)N2CCC[C@@H](C)[C@H]2CCc2nc3cc(Cl)ccc3o2)c1. The maximum Gasteiger partial charge on any atom is 0.257 e. The number of hydrogen-bond donors (Lipinski definition) is 0. The molecule has 4 aromatic rings. The third kappa shape index (κ3) is 4.35. The maximum atomic E-state index is 13.8. The van der Waals surface area contributed by atoms with Crippen LogP contribution in [-0.2, 0) is 6.42 Å². The van der Waals surface area contributed by atoms with Crippen LogP contribution in [0.4, 0.5) is 0 Å². The Kier molecular flexibility index (Phi) is 5.85.